The van der Waals surface area contributed by atoms with Crippen molar-refractivity contribution in [2.45, 2.75) is 12.8 Å². The maximum atomic E-state index is 12.5. The van der Waals surface area contributed by atoms with Crippen LogP contribution in [0.2, 0.25) is 0 Å². The van der Waals surface area contributed by atoms with Crippen LogP contribution in [-0.4, -0.2) is 65.3 Å². The number of amides is 3. The van der Waals surface area contributed by atoms with Crippen LogP contribution in [0.3, 0.4) is 0 Å². The third-order valence-electron chi connectivity index (χ3n) is 5.33. The summed E-state index contributed by atoms with van der Waals surface area (Å²) in [4.78, 5) is 43.6. The fourth-order valence-corrected chi connectivity index (χ4v) is 4.55. The number of allylic oxidation sites excluding steroid dienone is 2. The number of hydrogen-bond acceptors (Lipinski definition) is 5. The van der Waals surface area contributed by atoms with E-state index in [1.807, 2.05) is 34.6 Å². The van der Waals surface area contributed by atoms with Crippen molar-refractivity contribution in [3.63, 3.8) is 0 Å². The lowest BCUT2D eigenvalue weighted by Gasteiger charge is -2.36. The summed E-state index contributed by atoms with van der Waals surface area (Å²) >= 11 is 1.46. The van der Waals surface area contributed by atoms with Gasteiger partial charge in [0.25, 0.3) is 5.91 Å². The van der Waals surface area contributed by atoms with Crippen LogP contribution in [0, 0.1) is 11.8 Å². The molecule has 1 aromatic rings. The Morgan fingerprint density at radius 2 is 1.68 bits per heavy atom. The van der Waals surface area contributed by atoms with Crippen molar-refractivity contribution in [2.75, 3.05) is 32.8 Å². The van der Waals surface area contributed by atoms with E-state index in [0.717, 1.165) is 4.88 Å². The second-order valence-corrected chi connectivity index (χ2v) is 7.74. The number of hydrogen-bond donors (Lipinski definition) is 0. The van der Waals surface area contributed by atoms with Crippen molar-refractivity contribution < 1.29 is 14.4 Å². The molecule has 1 aliphatic carbocycles. The molecule has 2 aliphatic heterocycles. The minimum atomic E-state index is -0.167. The predicted octanol–water partition coefficient (Wildman–Crippen LogP) is 1.41. The summed E-state index contributed by atoms with van der Waals surface area (Å²) in [5, 5.41) is 1.91. The average molecular weight is 359 g/mol. The lowest BCUT2D eigenvalue weighted by molar-refractivity contribution is -0.142. The Bertz CT molecular complexity index is 681. The monoisotopic (exact) mass is 359 g/mol. The Morgan fingerprint density at radius 3 is 2.24 bits per heavy atom. The van der Waals surface area contributed by atoms with Gasteiger partial charge in [-0.05, 0) is 24.3 Å². The molecular formula is C18H21N3O3S. The van der Waals surface area contributed by atoms with Crippen LogP contribution in [0.25, 0.3) is 0 Å². The lowest BCUT2D eigenvalue weighted by Crippen LogP contribution is -2.52. The van der Waals surface area contributed by atoms with Gasteiger partial charge in [-0.3, -0.25) is 24.2 Å². The SMILES string of the molecule is O=C(c1cccs1)N1CCN(CN2C(=O)[C@H]3CC=CC[C@H]3C2=O)CC1. The summed E-state index contributed by atoms with van der Waals surface area (Å²) in [5.41, 5.74) is 0. The van der Waals surface area contributed by atoms with Gasteiger partial charge in [0.15, 0.2) is 0 Å². The number of fused-ring (bicyclic) bond motifs is 1. The molecule has 25 heavy (non-hydrogen) atoms. The molecule has 0 spiro atoms. The Hall–Kier alpha value is -1.99. The number of carbonyl (C=O) groups is 3. The Balaban J connectivity index is 1.34. The van der Waals surface area contributed by atoms with Crippen LogP contribution >= 0.6 is 11.3 Å². The maximum Gasteiger partial charge on any atom is 0.264 e. The molecule has 0 unspecified atom stereocenters. The number of nitrogens with zero attached hydrogens (tertiary/aromatic N) is 3. The molecule has 3 heterocycles. The fourth-order valence-electron chi connectivity index (χ4n) is 3.86. The molecule has 0 saturated carbocycles. The topological polar surface area (TPSA) is 60.9 Å². The molecule has 3 aliphatic rings. The van der Waals surface area contributed by atoms with Crippen molar-refractivity contribution in [1.82, 2.24) is 14.7 Å². The molecule has 6 nitrogen and oxygen atoms in total. The van der Waals surface area contributed by atoms with Crippen LogP contribution in [0.1, 0.15) is 22.5 Å². The molecule has 0 N–H and O–H groups in total. The van der Waals surface area contributed by atoms with Crippen molar-refractivity contribution in [2.24, 2.45) is 11.8 Å². The van der Waals surface area contributed by atoms with Crippen LogP contribution < -0.4 is 0 Å². The predicted molar refractivity (Wildman–Crippen MR) is 93.9 cm³/mol. The number of piperazine rings is 1. The molecule has 132 valence electrons. The Kier molecular flexibility index (Phi) is 4.43. The van der Waals surface area contributed by atoms with Gasteiger partial charge in [0.1, 0.15) is 0 Å². The van der Waals surface area contributed by atoms with Crippen LogP contribution in [0.5, 0.6) is 0 Å². The van der Waals surface area contributed by atoms with E-state index in [0.29, 0.717) is 45.7 Å². The minimum Gasteiger partial charge on any atom is -0.335 e. The van der Waals surface area contributed by atoms with E-state index in [-0.39, 0.29) is 29.6 Å². The zero-order chi connectivity index (χ0) is 17.4. The molecule has 0 bridgehead atoms. The summed E-state index contributed by atoms with van der Waals surface area (Å²) in [5.74, 6) is -0.327. The van der Waals surface area contributed by atoms with Gasteiger partial charge < -0.3 is 4.90 Å². The van der Waals surface area contributed by atoms with Crippen molar-refractivity contribution in [3.05, 3.63) is 34.5 Å². The lowest BCUT2D eigenvalue weighted by atomic mass is 9.85. The summed E-state index contributed by atoms with van der Waals surface area (Å²) < 4.78 is 0. The van der Waals surface area contributed by atoms with E-state index in [9.17, 15) is 14.4 Å². The molecular weight excluding hydrogens is 338 g/mol. The third-order valence-corrected chi connectivity index (χ3v) is 6.19. The fraction of sp³-hybridized carbons (Fsp3) is 0.500. The Labute approximate surface area is 150 Å². The van der Waals surface area contributed by atoms with Crippen molar-refractivity contribution >= 4 is 29.1 Å². The van der Waals surface area contributed by atoms with E-state index in [4.69, 9.17) is 0 Å². The normalized spacial score (nSPS) is 27.0. The number of imide groups is 1. The highest BCUT2D eigenvalue weighted by molar-refractivity contribution is 7.12. The van der Waals surface area contributed by atoms with Gasteiger partial charge in [0.2, 0.25) is 11.8 Å². The van der Waals surface area contributed by atoms with Gasteiger partial charge in [0, 0.05) is 26.2 Å². The van der Waals surface area contributed by atoms with Gasteiger partial charge in [-0.15, -0.1) is 11.3 Å². The van der Waals surface area contributed by atoms with E-state index >= 15 is 0 Å². The van der Waals surface area contributed by atoms with E-state index in [2.05, 4.69) is 4.90 Å². The summed E-state index contributed by atoms with van der Waals surface area (Å²) in [6, 6.07) is 3.73. The van der Waals surface area contributed by atoms with Crippen LogP contribution in [-0.2, 0) is 9.59 Å². The second-order valence-electron chi connectivity index (χ2n) is 6.79. The third kappa shape index (κ3) is 3.02. The molecule has 0 aromatic carbocycles. The standard InChI is InChI=1S/C18H21N3O3S/c22-16-13-4-1-2-5-14(13)17(23)21(16)12-19-7-9-20(10-8-19)18(24)15-6-3-11-25-15/h1-3,6,11,13-14H,4-5,7-10,12H2/t13-,14+. The molecule has 0 radical (unpaired) electrons. The van der Waals surface area contributed by atoms with E-state index < -0.39 is 0 Å². The molecule has 2 fully saturated rings. The number of thiophene rings is 1. The smallest absolute Gasteiger partial charge is 0.264 e. The first kappa shape index (κ1) is 16.5. The first-order chi connectivity index (χ1) is 12.1. The van der Waals surface area contributed by atoms with Gasteiger partial charge in [-0.1, -0.05) is 18.2 Å². The molecule has 7 heteroatoms. The van der Waals surface area contributed by atoms with Gasteiger partial charge in [-0.25, -0.2) is 0 Å². The van der Waals surface area contributed by atoms with Crippen molar-refractivity contribution in [1.29, 1.82) is 0 Å². The van der Waals surface area contributed by atoms with Crippen LogP contribution in [0.4, 0.5) is 0 Å². The summed E-state index contributed by atoms with van der Waals surface area (Å²) in [6.45, 7) is 2.97. The first-order valence-electron chi connectivity index (χ1n) is 8.70. The second kappa shape index (κ2) is 6.72. The van der Waals surface area contributed by atoms with Crippen LogP contribution in [0.15, 0.2) is 29.7 Å². The highest BCUT2D eigenvalue weighted by Crippen LogP contribution is 2.35. The molecule has 4 rings (SSSR count). The van der Waals surface area contributed by atoms with E-state index in [1.54, 1.807) is 0 Å². The Morgan fingerprint density at radius 1 is 1.04 bits per heavy atom. The maximum absolute atomic E-state index is 12.5. The highest BCUT2D eigenvalue weighted by atomic mass is 32.1. The average Bonchev–Trinajstić information content (AvgIpc) is 3.26. The number of carbonyl (C=O) groups excluding carboxylic acids is 3. The number of rotatable bonds is 3. The van der Waals surface area contributed by atoms with E-state index in [1.165, 1.54) is 16.2 Å². The summed E-state index contributed by atoms with van der Waals surface area (Å²) in [6.07, 6.45) is 5.36. The van der Waals surface area contributed by atoms with Gasteiger partial charge in [0.05, 0.1) is 23.4 Å². The largest absolute Gasteiger partial charge is 0.335 e. The van der Waals surface area contributed by atoms with Gasteiger partial charge in [-0.2, -0.15) is 0 Å². The minimum absolute atomic E-state index is 0.0311. The zero-order valence-corrected chi connectivity index (χ0v) is 14.8. The molecule has 1 aromatic heterocycles. The summed E-state index contributed by atoms with van der Waals surface area (Å²) in [7, 11) is 0. The molecule has 2 saturated heterocycles. The molecule has 3 amide bonds. The zero-order valence-electron chi connectivity index (χ0n) is 14.0. The quantitative estimate of drug-likeness (QED) is 0.605. The van der Waals surface area contributed by atoms with Crippen molar-refractivity contribution in [3.8, 4) is 0 Å². The first-order valence-corrected chi connectivity index (χ1v) is 9.58. The van der Waals surface area contributed by atoms with Gasteiger partial charge >= 0.3 is 0 Å². The highest BCUT2D eigenvalue weighted by Gasteiger charge is 2.47. The molecule has 2 atom stereocenters. The number of likely N-dealkylation sites (tertiary alicyclic amines) is 1.